The minimum atomic E-state index is 0.164. The Hall–Kier alpha value is -1.66. The Labute approximate surface area is 136 Å². The number of nitrogens with zero attached hydrogens (tertiary/aromatic N) is 4. The van der Waals surface area contributed by atoms with Crippen molar-refractivity contribution in [2.75, 3.05) is 19.8 Å². The molecule has 1 aliphatic carbocycles. The molecule has 23 heavy (non-hydrogen) atoms. The summed E-state index contributed by atoms with van der Waals surface area (Å²) in [5.74, 6) is 2.74. The summed E-state index contributed by atoms with van der Waals surface area (Å²) in [6.45, 7) is 5.31. The average Bonchev–Trinajstić information content (AvgIpc) is 3.16. The number of hydrogen-bond donors (Lipinski definition) is 0. The van der Waals surface area contributed by atoms with Gasteiger partial charge in [-0.1, -0.05) is 5.21 Å². The van der Waals surface area contributed by atoms with Gasteiger partial charge in [-0.15, -0.1) is 5.10 Å². The smallest absolute Gasteiger partial charge is 0.118 e. The number of hydrogen-bond acceptors (Lipinski definition) is 5. The van der Waals surface area contributed by atoms with Crippen molar-refractivity contribution in [3.8, 4) is 0 Å². The zero-order chi connectivity index (χ0) is 15.8. The van der Waals surface area contributed by atoms with Crippen molar-refractivity contribution in [3.05, 3.63) is 35.0 Å². The summed E-state index contributed by atoms with van der Waals surface area (Å²) < 4.78 is 13.6. The van der Waals surface area contributed by atoms with Gasteiger partial charge in [-0.2, -0.15) is 0 Å². The molecule has 124 valence electrons. The second-order valence-corrected chi connectivity index (χ2v) is 6.77. The van der Waals surface area contributed by atoms with Gasteiger partial charge in [0.1, 0.15) is 17.2 Å². The first kappa shape index (κ1) is 14.9. The fourth-order valence-corrected chi connectivity index (χ4v) is 3.29. The van der Waals surface area contributed by atoms with Gasteiger partial charge in [0.05, 0.1) is 24.9 Å². The van der Waals surface area contributed by atoms with Crippen molar-refractivity contribution in [1.29, 1.82) is 0 Å². The van der Waals surface area contributed by atoms with E-state index in [-0.39, 0.29) is 6.04 Å². The molecule has 0 spiro atoms. The molecule has 0 aromatic carbocycles. The molecule has 1 aliphatic heterocycles. The van der Waals surface area contributed by atoms with Crippen LogP contribution in [0.25, 0.3) is 0 Å². The predicted octanol–water partition coefficient (Wildman–Crippen LogP) is 2.24. The third-order valence-electron chi connectivity index (χ3n) is 4.85. The maximum Gasteiger partial charge on any atom is 0.118 e. The van der Waals surface area contributed by atoms with Crippen LogP contribution in [0.15, 0.2) is 16.5 Å². The van der Waals surface area contributed by atoms with Crippen molar-refractivity contribution in [2.45, 2.75) is 38.8 Å². The van der Waals surface area contributed by atoms with E-state index in [1.165, 1.54) is 18.5 Å². The second-order valence-electron chi connectivity index (χ2n) is 6.77. The summed E-state index contributed by atoms with van der Waals surface area (Å²) >= 11 is 0. The molecule has 1 fully saturated rings. The van der Waals surface area contributed by atoms with E-state index in [2.05, 4.69) is 21.3 Å². The van der Waals surface area contributed by atoms with E-state index < -0.39 is 0 Å². The third-order valence-corrected chi connectivity index (χ3v) is 4.85. The highest BCUT2D eigenvalue weighted by molar-refractivity contribution is 5.19. The molecule has 0 saturated heterocycles. The quantitative estimate of drug-likeness (QED) is 0.818. The Bertz CT molecular complexity index is 674. The first-order valence-corrected chi connectivity index (χ1v) is 8.46. The molecule has 0 N–H and O–H groups in total. The van der Waals surface area contributed by atoms with Crippen molar-refractivity contribution in [2.24, 2.45) is 13.0 Å². The summed E-state index contributed by atoms with van der Waals surface area (Å²) in [6.07, 6.45) is 3.60. The lowest BCUT2D eigenvalue weighted by molar-refractivity contribution is 0.0395. The SMILES string of the molecule is Cc1ccc(CN2CCc3c(nnn3C)C2COCC2CC2)o1. The number of furan rings is 1. The fraction of sp³-hybridized carbons (Fsp3) is 0.647. The average molecular weight is 316 g/mol. The van der Waals surface area contributed by atoms with Crippen molar-refractivity contribution < 1.29 is 9.15 Å². The molecule has 2 aliphatic rings. The Morgan fingerprint density at radius 1 is 1.30 bits per heavy atom. The lowest BCUT2D eigenvalue weighted by Crippen LogP contribution is -2.38. The van der Waals surface area contributed by atoms with Crippen LogP contribution in [0.1, 0.15) is 41.8 Å². The van der Waals surface area contributed by atoms with E-state index >= 15 is 0 Å². The van der Waals surface area contributed by atoms with Crippen LogP contribution >= 0.6 is 0 Å². The zero-order valence-electron chi connectivity index (χ0n) is 13.9. The first-order chi connectivity index (χ1) is 11.2. The maximum atomic E-state index is 5.99. The van der Waals surface area contributed by atoms with Crippen molar-refractivity contribution in [3.63, 3.8) is 0 Å². The van der Waals surface area contributed by atoms with Gasteiger partial charge in [0, 0.05) is 26.6 Å². The highest BCUT2D eigenvalue weighted by atomic mass is 16.5. The Morgan fingerprint density at radius 2 is 2.17 bits per heavy atom. The molecule has 0 amide bonds. The second kappa shape index (κ2) is 6.09. The van der Waals surface area contributed by atoms with Gasteiger partial charge in [-0.3, -0.25) is 9.58 Å². The van der Waals surface area contributed by atoms with Crippen LogP contribution in [0.3, 0.4) is 0 Å². The van der Waals surface area contributed by atoms with E-state index in [0.29, 0.717) is 6.61 Å². The molecule has 1 atom stereocenters. The molecule has 2 aromatic heterocycles. The van der Waals surface area contributed by atoms with Crippen molar-refractivity contribution in [1.82, 2.24) is 19.9 Å². The normalized spacial score (nSPS) is 21.6. The van der Waals surface area contributed by atoms with Gasteiger partial charge in [0.25, 0.3) is 0 Å². The number of rotatable bonds is 6. The standard InChI is InChI=1S/C17H24N4O2/c1-12-3-6-14(23-12)9-21-8-7-15-17(18-19-20(15)2)16(21)11-22-10-13-4-5-13/h3,6,13,16H,4-5,7-11H2,1-2H3. The van der Waals surface area contributed by atoms with E-state index in [9.17, 15) is 0 Å². The molecule has 1 saturated carbocycles. The van der Waals surface area contributed by atoms with Gasteiger partial charge in [0.2, 0.25) is 0 Å². The molecule has 6 heteroatoms. The van der Waals surface area contributed by atoms with Crippen LogP contribution in [-0.4, -0.2) is 39.7 Å². The van der Waals surface area contributed by atoms with Crippen LogP contribution in [0.5, 0.6) is 0 Å². The molecule has 0 radical (unpaired) electrons. The Balaban J connectivity index is 1.51. The molecular weight excluding hydrogens is 292 g/mol. The van der Waals surface area contributed by atoms with Crippen molar-refractivity contribution >= 4 is 0 Å². The number of aryl methyl sites for hydroxylation is 2. The van der Waals surface area contributed by atoms with E-state index in [1.807, 2.05) is 24.7 Å². The number of aromatic nitrogens is 3. The topological polar surface area (TPSA) is 56.3 Å². The van der Waals surface area contributed by atoms with E-state index in [0.717, 1.165) is 49.2 Å². The fourth-order valence-electron chi connectivity index (χ4n) is 3.29. The summed E-state index contributed by atoms with van der Waals surface area (Å²) in [5, 5.41) is 8.62. The molecule has 1 unspecified atom stereocenters. The van der Waals surface area contributed by atoms with Crippen LogP contribution in [0.2, 0.25) is 0 Å². The Morgan fingerprint density at radius 3 is 2.91 bits per heavy atom. The maximum absolute atomic E-state index is 5.99. The summed E-state index contributed by atoms with van der Waals surface area (Å²) in [6, 6.07) is 4.24. The van der Waals surface area contributed by atoms with E-state index in [4.69, 9.17) is 9.15 Å². The minimum absolute atomic E-state index is 0.164. The monoisotopic (exact) mass is 316 g/mol. The van der Waals surface area contributed by atoms with Crippen LogP contribution in [-0.2, 0) is 24.8 Å². The van der Waals surface area contributed by atoms with Gasteiger partial charge in [-0.05, 0) is 37.8 Å². The highest BCUT2D eigenvalue weighted by Crippen LogP contribution is 2.32. The molecule has 6 nitrogen and oxygen atoms in total. The van der Waals surface area contributed by atoms with Gasteiger partial charge in [-0.25, -0.2) is 0 Å². The summed E-state index contributed by atoms with van der Waals surface area (Å²) in [5.41, 5.74) is 2.30. The molecule has 2 aromatic rings. The lowest BCUT2D eigenvalue weighted by atomic mass is 10.0. The minimum Gasteiger partial charge on any atom is -0.465 e. The van der Waals surface area contributed by atoms with Crippen LogP contribution in [0.4, 0.5) is 0 Å². The largest absolute Gasteiger partial charge is 0.465 e. The third kappa shape index (κ3) is 3.19. The molecule has 0 bridgehead atoms. The Kier molecular flexibility index (Phi) is 3.95. The zero-order valence-corrected chi connectivity index (χ0v) is 13.9. The summed E-state index contributed by atoms with van der Waals surface area (Å²) in [7, 11) is 1.97. The predicted molar refractivity (Wildman–Crippen MR) is 84.8 cm³/mol. The highest BCUT2D eigenvalue weighted by Gasteiger charge is 2.33. The van der Waals surface area contributed by atoms with Gasteiger partial charge >= 0.3 is 0 Å². The molecular formula is C17H24N4O2. The molecule has 4 rings (SSSR count). The van der Waals surface area contributed by atoms with Gasteiger partial charge < -0.3 is 9.15 Å². The number of fused-ring (bicyclic) bond motifs is 1. The van der Waals surface area contributed by atoms with Crippen LogP contribution in [0, 0.1) is 12.8 Å². The summed E-state index contributed by atoms with van der Waals surface area (Å²) in [4.78, 5) is 2.40. The molecule has 3 heterocycles. The number of ether oxygens (including phenoxy) is 1. The first-order valence-electron chi connectivity index (χ1n) is 8.46. The van der Waals surface area contributed by atoms with Crippen LogP contribution < -0.4 is 0 Å². The van der Waals surface area contributed by atoms with Gasteiger partial charge in [0.15, 0.2) is 0 Å². The lowest BCUT2D eigenvalue weighted by Gasteiger charge is -2.33. The van der Waals surface area contributed by atoms with E-state index in [1.54, 1.807) is 0 Å².